The number of pyridine rings is 1. The standard InChI is InChI=1S/C9H9N3O2S/c10-7-3-4-8(15(11,13)14)9-6(7)2-1-5-12-9/h1-5H,10H2,(H2,11,13,14). The summed E-state index contributed by atoms with van der Waals surface area (Å²) in [6.45, 7) is 0. The zero-order chi connectivity index (χ0) is 11.1. The Morgan fingerprint density at radius 3 is 2.60 bits per heavy atom. The third-order valence-electron chi connectivity index (χ3n) is 2.07. The van der Waals surface area contributed by atoms with E-state index in [-0.39, 0.29) is 4.90 Å². The number of sulfonamides is 1. The quantitative estimate of drug-likeness (QED) is 0.686. The number of anilines is 1. The van der Waals surface area contributed by atoms with Gasteiger partial charge in [-0.2, -0.15) is 0 Å². The van der Waals surface area contributed by atoms with Crippen LogP contribution >= 0.6 is 0 Å². The highest BCUT2D eigenvalue weighted by Gasteiger charge is 2.14. The summed E-state index contributed by atoms with van der Waals surface area (Å²) in [5, 5.41) is 5.65. The van der Waals surface area contributed by atoms with Gasteiger partial charge in [0, 0.05) is 17.3 Å². The molecule has 0 spiro atoms. The number of primary sulfonamides is 1. The number of nitrogen functional groups attached to an aromatic ring is 1. The van der Waals surface area contributed by atoms with Gasteiger partial charge in [0.1, 0.15) is 4.90 Å². The lowest BCUT2D eigenvalue weighted by atomic mass is 10.2. The topological polar surface area (TPSA) is 99.1 Å². The van der Waals surface area contributed by atoms with E-state index in [9.17, 15) is 8.42 Å². The molecule has 15 heavy (non-hydrogen) atoms. The highest BCUT2D eigenvalue weighted by molar-refractivity contribution is 7.89. The summed E-state index contributed by atoms with van der Waals surface area (Å²) in [5.41, 5.74) is 6.48. The Hall–Kier alpha value is -1.66. The van der Waals surface area contributed by atoms with Gasteiger partial charge in [-0.25, -0.2) is 13.6 Å². The van der Waals surface area contributed by atoms with Crippen molar-refractivity contribution in [1.29, 1.82) is 0 Å². The number of fused-ring (bicyclic) bond motifs is 1. The fourth-order valence-corrected chi connectivity index (χ4v) is 2.09. The Morgan fingerprint density at radius 2 is 1.93 bits per heavy atom. The van der Waals surface area contributed by atoms with Crippen LogP contribution in [0.4, 0.5) is 5.69 Å². The molecule has 2 aromatic rings. The highest BCUT2D eigenvalue weighted by atomic mass is 32.2. The van der Waals surface area contributed by atoms with Crippen molar-refractivity contribution in [1.82, 2.24) is 4.98 Å². The number of aromatic nitrogens is 1. The average Bonchev–Trinajstić information content (AvgIpc) is 2.17. The van der Waals surface area contributed by atoms with Gasteiger partial charge in [0.25, 0.3) is 0 Å². The van der Waals surface area contributed by atoms with Gasteiger partial charge in [0.05, 0.1) is 5.52 Å². The van der Waals surface area contributed by atoms with Crippen LogP contribution in [-0.4, -0.2) is 13.4 Å². The molecule has 78 valence electrons. The predicted molar refractivity (Wildman–Crippen MR) is 57.5 cm³/mol. The van der Waals surface area contributed by atoms with E-state index in [0.717, 1.165) is 0 Å². The van der Waals surface area contributed by atoms with Gasteiger partial charge in [0.2, 0.25) is 10.0 Å². The summed E-state index contributed by atoms with van der Waals surface area (Å²) >= 11 is 0. The van der Waals surface area contributed by atoms with Gasteiger partial charge >= 0.3 is 0 Å². The third kappa shape index (κ3) is 1.64. The van der Waals surface area contributed by atoms with Crippen molar-refractivity contribution in [3.8, 4) is 0 Å². The molecule has 0 aliphatic heterocycles. The fraction of sp³-hybridized carbons (Fsp3) is 0. The van der Waals surface area contributed by atoms with Crippen molar-refractivity contribution in [2.75, 3.05) is 5.73 Å². The van der Waals surface area contributed by atoms with Gasteiger partial charge in [-0.1, -0.05) is 0 Å². The van der Waals surface area contributed by atoms with E-state index in [1.54, 1.807) is 12.1 Å². The molecule has 0 saturated heterocycles. The lowest BCUT2D eigenvalue weighted by Gasteiger charge is -2.05. The van der Waals surface area contributed by atoms with Crippen LogP contribution < -0.4 is 10.9 Å². The second kappa shape index (κ2) is 3.18. The molecule has 1 heterocycles. The Labute approximate surface area is 86.8 Å². The summed E-state index contributed by atoms with van der Waals surface area (Å²) < 4.78 is 22.5. The first kappa shape index (κ1) is 9.88. The minimum atomic E-state index is -3.76. The molecule has 0 bridgehead atoms. The summed E-state index contributed by atoms with van der Waals surface area (Å²) in [7, 11) is -3.76. The highest BCUT2D eigenvalue weighted by Crippen LogP contribution is 2.24. The maximum Gasteiger partial charge on any atom is 0.240 e. The van der Waals surface area contributed by atoms with E-state index in [1.165, 1.54) is 18.3 Å². The van der Waals surface area contributed by atoms with Gasteiger partial charge in [-0.05, 0) is 24.3 Å². The molecular formula is C9H9N3O2S. The zero-order valence-corrected chi connectivity index (χ0v) is 8.53. The van der Waals surface area contributed by atoms with Gasteiger partial charge in [-0.3, -0.25) is 4.98 Å². The van der Waals surface area contributed by atoms with Crippen LogP contribution in [0.3, 0.4) is 0 Å². The molecule has 0 amide bonds. The summed E-state index contributed by atoms with van der Waals surface area (Å²) in [4.78, 5) is 3.96. The van der Waals surface area contributed by atoms with E-state index >= 15 is 0 Å². The van der Waals surface area contributed by atoms with E-state index in [2.05, 4.69) is 4.98 Å². The predicted octanol–water partition coefficient (Wildman–Crippen LogP) is 0.464. The molecule has 0 aliphatic rings. The Bertz CT molecular complexity index is 622. The summed E-state index contributed by atoms with van der Waals surface area (Å²) in [6, 6.07) is 6.25. The van der Waals surface area contributed by atoms with Crippen LogP contribution in [0.15, 0.2) is 35.4 Å². The summed E-state index contributed by atoms with van der Waals surface area (Å²) in [6.07, 6.45) is 1.50. The van der Waals surface area contributed by atoms with Gasteiger partial charge < -0.3 is 5.73 Å². The third-order valence-corrected chi connectivity index (χ3v) is 3.02. The van der Waals surface area contributed by atoms with Crippen LogP contribution in [0.2, 0.25) is 0 Å². The van der Waals surface area contributed by atoms with Crippen LogP contribution in [0, 0.1) is 0 Å². The molecular weight excluding hydrogens is 214 g/mol. The second-order valence-corrected chi connectivity index (χ2v) is 4.63. The van der Waals surface area contributed by atoms with Crippen molar-refractivity contribution in [2.45, 2.75) is 4.90 Å². The Kier molecular flexibility index (Phi) is 2.09. The Morgan fingerprint density at radius 1 is 1.20 bits per heavy atom. The van der Waals surface area contributed by atoms with E-state index in [4.69, 9.17) is 10.9 Å². The molecule has 0 atom stereocenters. The minimum Gasteiger partial charge on any atom is -0.398 e. The molecule has 0 saturated carbocycles. The molecule has 1 aromatic carbocycles. The molecule has 0 radical (unpaired) electrons. The first-order valence-electron chi connectivity index (χ1n) is 4.16. The number of hydrogen-bond acceptors (Lipinski definition) is 4. The van der Waals surface area contributed by atoms with Crippen molar-refractivity contribution in [3.05, 3.63) is 30.5 Å². The number of nitrogens with zero attached hydrogens (tertiary/aromatic N) is 1. The number of benzene rings is 1. The number of rotatable bonds is 1. The maximum absolute atomic E-state index is 11.3. The first-order chi connectivity index (χ1) is 7.00. The fourth-order valence-electron chi connectivity index (χ4n) is 1.40. The largest absolute Gasteiger partial charge is 0.398 e. The van der Waals surface area contributed by atoms with Crippen LogP contribution in [-0.2, 0) is 10.0 Å². The van der Waals surface area contributed by atoms with Crippen molar-refractivity contribution < 1.29 is 8.42 Å². The molecule has 0 aliphatic carbocycles. The minimum absolute atomic E-state index is 0.00713. The maximum atomic E-state index is 11.3. The van der Waals surface area contributed by atoms with Crippen molar-refractivity contribution in [2.24, 2.45) is 5.14 Å². The molecule has 4 N–H and O–H groups in total. The van der Waals surface area contributed by atoms with E-state index < -0.39 is 10.0 Å². The molecule has 6 heteroatoms. The molecule has 0 unspecified atom stereocenters. The molecule has 2 rings (SSSR count). The molecule has 0 fully saturated rings. The smallest absolute Gasteiger partial charge is 0.240 e. The van der Waals surface area contributed by atoms with Gasteiger partial charge in [-0.15, -0.1) is 0 Å². The average molecular weight is 223 g/mol. The summed E-state index contributed by atoms with van der Waals surface area (Å²) in [5.74, 6) is 0. The van der Waals surface area contributed by atoms with Crippen molar-refractivity contribution >= 4 is 26.6 Å². The SMILES string of the molecule is Nc1ccc(S(N)(=O)=O)c2ncccc12. The number of hydrogen-bond donors (Lipinski definition) is 2. The van der Waals surface area contributed by atoms with Crippen LogP contribution in [0.25, 0.3) is 10.9 Å². The molecule has 5 nitrogen and oxygen atoms in total. The first-order valence-corrected chi connectivity index (χ1v) is 5.71. The second-order valence-electron chi connectivity index (χ2n) is 3.10. The van der Waals surface area contributed by atoms with Crippen molar-refractivity contribution in [3.63, 3.8) is 0 Å². The van der Waals surface area contributed by atoms with Crippen LogP contribution in [0.1, 0.15) is 0 Å². The monoisotopic (exact) mass is 223 g/mol. The Balaban J connectivity index is 2.96. The van der Waals surface area contributed by atoms with E-state index in [0.29, 0.717) is 16.6 Å². The normalized spacial score (nSPS) is 11.8. The lowest BCUT2D eigenvalue weighted by molar-refractivity contribution is 0.598. The van der Waals surface area contributed by atoms with E-state index in [1.807, 2.05) is 0 Å². The lowest BCUT2D eigenvalue weighted by Crippen LogP contribution is -2.13. The number of nitrogens with two attached hydrogens (primary N) is 2. The van der Waals surface area contributed by atoms with Gasteiger partial charge in [0.15, 0.2) is 0 Å². The molecule has 1 aromatic heterocycles. The van der Waals surface area contributed by atoms with Crippen LogP contribution in [0.5, 0.6) is 0 Å². The zero-order valence-electron chi connectivity index (χ0n) is 7.71.